The number of carbonyl (C=O) groups is 2. The maximum absolute atomic E-state index is 12.8. The molecule has 2 aromatic rings. The highest BCUT2D eigenvalue weighted by Crippen LogP contribution is 2.18. The molecule has 1 saturated heterocycles. The summed E-state index contributed by atoms with van der Waals surface area (Å²) in [5, 5.41) is 14.9. The Labute approximate surface area is 177 Å². The number of aliphatic hydroxyl groups is 1. The van der Waals surface area contributed by atoms with Crippen LogP contribution in [0.25, 0.3) is 0 Å². The average molecular weight is 411 g/mol. The Hall–Kier alpha value is -2.74. The molecular formula is C23H30N4O3. The number of β-amino-alcohol motifs (C(OH)–C–C–N with tert-alkyl or cyclic N) is 1. The molecule has 1 fully saturated rings. The van der Waals surface area contributed by atoms with Crippen molar-refractivity contribution in [3.63, 3.8) is 0 Å². The molecule has 1 heterocycles. The number of carbonyl (C=O) groups excluding carboxylic acids is 2. The Morgan fingerprint density at radius 2 is 1.60 bits per heavy atom. The molecule has 160 valence electrons. The van der Waals surface area contributed by atoms with Crippen LogP contribution in [-0.4, -0.2) is 72.6 Å². The summed E-state index contributed by atoms with van der Waals surface area (Å²) in [5.41, 5.74) is 1.98. The predicted molar refractivity (Wildman–Crippen MR) is 117 cm³/mol. The lowest BCUT2D eigenvalue weighted by atomic mass is 10.1. The zero-order valence-electron chi connectivity index (χ0n) is 17.4. The fraction of sp³-hybridized carbons (Fsp3) is 0.391. The molecule has 1 atom stereocenters. The van der Waals surface area contributed by atoms with Crippen molar-refractivity contribution in [2.75, 3.05) is 51.2 Å². The molecule has 1 aliphatic heterocycles. The lowest BCUT2D eigenvalue weighted by Crippen LogP contribution is -2.49. The first-order chi connectivity index (χ1) is 14.6. The third-order valence-corrected chi connectivity index (χ3v) is 5.34. The van der Waals surface area contributed by atoms with Crippen molar-refractivity contribution >= 4 is 17.5 Å². The molecule has 0 saturated carbocycles. The van der Waals surface area contributed by atoms with Crippen LogP contribution in [0.2, 0.25) is 0 Å². The number of para-hydroxylation sites is 1. The first kappa shape index (κ1) is 22.0. The molecule has 3 rings (SSSR count). The Balaban J connectivity index is 1.57. The Morgan fingerprint density at radius 1 is 0.967 bits per heavy atom. The van der Waals surface area contributed by atoms with Gasteiger partial charge in [-0.25, -0.2) is 0 Å². The molecule has 2 amide bonds. The molecule has 1 aliphatic rings. The fourth-order valence-electron chi connectivity index (χ4n) is 3.59. The van der Waals surface area contributed by atoms with Crippen molar-refractivity contribution < 1.29 is 14.7 Å². The van der Waals surface area contributed by atoms with Crippen molar-refractivity contribution in [1.29, 1.82) is 0 Å². The second-order valence-corrected chi connectivity index (χ2v) is 7.54. The Bertz CT molecular complexity index is 835. The van der Waals surface area contributed by atoms with Gasteiger partial charge in [0.2, 0.25) is 5.91 Å². The summed E-state index contributed by atoms with van der Waals surface area (Å²) in [6, 6.07) is 16.7. The van der Waals surface area contributed by atoms with Gasteiger partial charge in [0.25, 0.3) is 5.91 Å². The van der Waals surface area contributed by atoms with Gasteiger partial charge in [-0.3, -0.25) is 19.4 Å². The Kier molecular flexibility index (Phi) is 7.96. The number of hydrogen-bond donors (Lipinski definition) is 3. The van der Waals surface area contributed by atoms with Gasteiger partial charge in [0.05, 0.1) is 30.4 Å². The molecule has 0 aliphatic carbocycles. The maximum atomic E-state index is 12.8. The molecule has 0 radical (unpaired) electrons. The zero-order valence-corrected chi connectivity index (χ0v) is 17.4. The predicted octanol–water partition coefficient (Wildman–Crippen LogP) is 1.73. The van der Waals surface area contributed by atoms with E-state index in [4.69, 9.17) is 5.11 Å². The van der Waals surface area contributed by atoms with Gasteiger partial charge in [-0.1, -0.05) is 42.5 Å². The lowest BCUT2D eigenvalue weighted by Gasteiger charge is -2.33. The number of amides is 2. The number of anilines is 1. The van der Waals surface area contributed by atoms with Gasteiger partial charge in [0, 0.05) is 32.7 Å². The summed E-state index contributed by atoms with van der Waals surface area (Å²) in [6.07, 6.45) is 0. The van der Waals surface area contributed by atoms with Crippen LogP contribution in [-0.2, 0) is 4.79 Å². The highest BCUT2D eigenvalue weighted by Gasteiger charge is 2.20. The normalized spacial score (nSPS) is 16.1. The van der Waals surface area contributed by atoms with E-state index in [1.165, 1.54) is 0 Å². The summed E-state index contributed by atoms with van der Waals surface area (Å²) in [7, 11) is 0. The molecule has 7 nitrogen and oxygen atoms in total. The van der Waals surface area contributed by atoms with Crippen LogP contribution in [0.3, 0.4) is 0 Å². The van der Waals surface area contributed by atoms with Crippen LogP contribution in [0.15, 0.2) is 54.6 Å². The van der Waals surface area contributed by atoms with Gasteiger partial charge in [-0.2, -0.15) is 0 Å². The topological polar surface area (TPSA) is 84.9 Å². The summed E-state index contributed by atoms with van der Waals surface area (Å²) >= 11 is 0. The summed E-state index contributed by atoms with van der Waals surface area (Å²) in [4.78, 5) is 29.7. The minimum Gasteiger partial charge on any atom is -0.395 e. The molecule has 0 aromatic heterocycles. The van der Waals surface area contributed by atoms with Gasteiger partial charge in [0.15, 0.2) is 0 Å². The van der Waals surface area contributed by atoms with Crippen LogP contribution < -0.4 is 10.6 Å². The second-order valence-electron chi connectivity index (χ2n) is 7.54. The minimum absolute atomic E-state index is 0.137. The van der Waals surface area contributed by atoms with Crippen molar-refractivity contribution in [2.45, 2.75) is 13.0 Å². The van der Waals surface area contributed by atoms with E-state index in [-0.39, 0.29) is 31.0 Å². The van der Waals surface area contributed by atoms with Crippen molar-refractivity contribution in [1.82, 2.24) is 15.1 Å². The highest BCUT2D eigenvalue weighted by molar-refractivity contribution is 6.04. The van der Waals surface area contributed by atoms with Gasteiger partial charge in [-0.05, 0) is 24.6 Å². The number of rotatable bonds is 8. The number of nitrogens with one attached hydrogen (secondary N) is 2. The minimum atomic E-state index is -0.222. The van der Waals surface area contributed by atoms with Crippen LogP contribution in [0, 0.1) is 0 Å². The van der Waals surface area contributed by atoms with Crippen LogP contribution in [0.4, 0.5) is 5.69 Å². The first-order valence-corrected chi connectivity index (χ1v) is 10.4. The standard InChI is InChI=1S/C23H30N4O3/c1-18(19-7-3-2-4-8-19)24-23(30)20-9-5-6-10-21(20)25-22(29)17-27-13-11-26(12-14-27)15-16-28/h2-10,18,28H,11-17H2,1H3,(H,24,30)(H,25,29). The fourth-order valence-corrected chi connectivity index (χ4v) is 3.59. The number of hydrogen-bond acceptors (Lipinski definition) is 5. The lowest BCUT2D eigenvalue weighted by molar-refractivity contribution is -0.117. The monoisotopic (exact) mass is 410 g/mol. The second kappa shape index (κ2) is 10.9. The SMILES string of the molecule is CC(NC(=O)c1ccccc1NC(=O)CN1CCN(CCO)CC1)c1ccccc1. The molecule has 0 bridgehead atoms. The van der Waals surface area contributed by atoms with Gasteiger partial charge < -0.3 is 15.7 Å². The van der Waals surface area contributed by atoms with Crippen molar-refractivity contribution in [2.24, 2.45) is 0 Å². The van der Waals surface area contributed by atoms with E-state index in [1.54, 1.807) is 24.3 Å². The zero-order chi connectivity index (χ0) is 21.3. The number of benzene rings is 2. The molecule has 30 heavy (non-hydrogen) atoms. The average Bonchev–Trinajstić information content (AvgIpc) is 2.76. The van der Waals surface area contributed by atoms with Gasteiger partial charge in [-0.15, -0.1) is 0 Å². The molecule has 1 unspecified atom stereocenters. The van der Waals surface area contributed by atoms with E-state index >= 15 is 0 Å². The third-order valence-electron chi connectivity index (χ3n) is 5.34. The van der Waals surface area contributed by atoms with Crippen LogP contribution in [0.1, 0.15) is 28.9 Å². The summed E-state index contributed by atoms with van der Waals surface area (Å²) < 4.78 is 0. The molecule has 3 N–H and O–H groups in total. The Morgan fingerprint density at radius 3 is 2.30 bits per heavy atom. The van der Waals surface area contributed by atoms with E-state index in [0.717, 1.165) is 31.7 Å². The van der Waals surface area contributed by atoms with Crippen LogP contribution in [0.5, 0.6) is 0 Å². The van der Waals surface area contributed by atoms with E-state index < -0.39 is 0 Å². The number of nitrogens with zero attached hydrogens (tertiary/aromatic N) is 2. The van der Waals surface area contributed by atoms with Gasteiger partial charge in [0.1, 0.15) is 0 Å². The van der Waals surface area contributed by atoms with E-state index in [2.05, 4.69) is 20.4 Å². The van der Waals surface area contributed by atoms with E-state index in [9.17, 15) is 9.59 Å². The molecule has 2 aromatic carbocycles. The van der Waals surface area contributed by atoms with E-state index in [1.807, 2.05) is 37.3 Å². The number of piperazine rings is 1. The third kappa shape index (κ3) is 6.13. The molecular weight excluding hydrogens is 380 g/mol. The smallest absolute Gasteiger partial charge is 0.253 e. The van der Waals surface area contributed by atoms with Gasteiger partial charge >= 0.3 is 0 Å². The van der Waals surface area contributed by atoms with Crippen LogP contribution >= 0.6 is 0 Å². The molecule has 7 heteroatoms. The number of aliphatic hydroxyl groups excluding tert-OH is 1. The van der Waals surface area contributed by atoms with E-state index in [0.29, 0.717) is 17.8 Å². The maximum Gasteiger partial charge on any atom is 0.253 e. The summed E-state index contributed by atoms with van der Waals surface area (Å²) in [6.45, 7) is 6.28. The quantitative estimate of drug-likeness (QED) is 0.617. The highest BCUT2D eigenvalue weighted by atomic mass is 16.3. The largest absolute Gasteiger partial charge is 0.395 e. The molecule has 0 spiro atoms. The summed E-state index contributed by atoms with van der Waals surface area (Å²) in [5.74, 6) is -0.359. The van der Waals surface area contributed by atoms with Crippen molar-refractivity contribution in [3.05, 3.63) is 65.7 Å². The van der Waals surface area contributed by atoms with Crippen molar-refractivity contribution in [3.8, 4) is 0 Å². The first-order valence-electron chi connectivity index (χ1n) is 10.4.